The number of imide groups is 1. The lowest BCUT2D eigenvalue weighted by Gasteiger charge is -2.16. The monoisotopic (exact) mass is 393 g/mol. The first-order valence-corrected chi connectivity index (χ1v) is 9.49. The third-order valence-electron chi connectivity index (χ3n) is 5.22. The van der Waals surface area contributed by atoms with E-state index in [-0.39, 0.29) is 18.2 Å². The number of aromatic amines is 1. The Balaban J connectivity index is 1.42. The summed E-state index contributed by atoms with van der Waals surface area (Å²) in [7, 11) is 3.20. The Labute approximate surface area is 168 Å². The van der Waals surface area contributed by atoms with Crippen molar-refractivity contribution in [2.45, 2.75) is 18.9 Å². The highest BCUT2D eigenvalue weighted by Crippen LogP contribution is 2.27. The van der Waals surface area contributed by atoms with Crippen molar-refractivity contribution in [2.75, 3.05) is 25.7 Å². The molecule has 0 spiro atoms. The molecule has 1 fully saturated rings. The molecule has 0 saturated carbocycles. The van der Waals surface area contributed by atoms with Crippen molar-refractivity contribution in [2.24, 2.45) is 0 Å². The maximum atomic E-state index is 12.8. The molecule has 7 heteroatoms. The minimum absolute atomic E-state index is 0.151. The van der Waals surface area contributed by atoms with Crippen LogP contribution in [0.2, 0.25) is 0 Å². The van der Waals surface area contributed by atoms with Gasteiger partial charge in [0.25, 0.3) is 5.91 Å². The molecule has 0 bridgehead atoms. The summed E-state index contributed by atoms with van der Waals surface area (Å²) in [5, 5.41) is 4.33. The Morgan fingerprint density at radius 3 is 2.69 bits per heavy atom. The quantitative estimate of drug-likeness (QED) is 0.603. The van der Waals surface area contributed by atoms with Crippen LogP contribution < -0.4 is 19.7 Å². The van der Waals surface area contributed by atoms with Crippen LogP contribution in [0.15, 0.2) is 48.7 Å². The van der Waals surface area contributed by atoms with E-state index in [9.17, 15) is 9.59 Å². The maximum Gasteiger partial charge on any atom is 0.251 e. The number of hydrogen-bond donors (Lipinski definition) is 2. The van der Waals surface area contributed by atoms with Crippen molar-refractivity contribution in [1.82, 2.24) is 10.3 Å². The number of nitrogens with one attached hydrogen (secondary N) is 2. The minimum atomic E-state index is -0.520. The molecule has 29 heavy (non-hydrogen) atoms. The van der Waals surface area contributed by atoms with Crippen LogP contribution >= 0.6 is 0 Å². The summed E-state index contributed by atoms with van der Waals surface area (Å²) in [6.07, 6.45) is 2.85. The van der Waals surface area contributed by atoms with Gasteiger partial charge in [0, 0.05) is 29.7 Å². The van der Waals surface area contributed by atoms with E-state index < -0.39 is 6.04 Å². The highest BCUT2D eigenvalue weighted by atomic mass is 16.5. The van der Waals surface area contributed by atoms with Crippen LogP contribution in [0.4, 0.5) is 5.69 Å². The van der Waals surface area contributed by atoms with Gasteiger partial charge < -0.3 is 19.8 Å². The Morgan fingerprint density at radius 1 is 1.10 bits per heavy atom. The zero-order chi connectivity index (χ0) is 20.4. The lowest BCUT2D eigenvalue weighted by atomic mass is 10.1. The third kappa shape index (κ3) is 3.69. The van der Waals surface area contributed by atoms with E-state index >= 15 is 0 Å². The molecule has 2 amide bonds. The molecule has 2 heterocycles. The number of benzene rings is 2. The number of anilines is 1. The number of amides is 2. The predicted molar refractivity (Wildman–Crippen MR) is 110 cm³/mol. The van der Waals surface area contributed by atoms with Gasteiger partial charge in [0.1, 0.15) is 11.5 Å². The van der Waals surface area contributed by atoms with E-state index in [0.29, 0.717) is 18.0 Å². The van der Waals surface area contributed by atoms with Gasteiger partial charge in [-0.1, -0.05) is 6.07 Å². The molecule has 1 unspecified atom stereocenters. The molecule has 1 aromatic heterocycles. The van der Waals surface area contributed by atoms with Crippen LogP contribution in [-0.4, -0.2) is 43.6 Å². The molecule has 0 aliphatic carbocycles. The molecular weight excluding hydrogens is 370 g/mol. The fourth-order valence-corrected chi connectivity index (χ4v) is 3.68. The number of methoxy groups -OCH3 is 2. The van der Waals surface area contributed by atoms with E-state index in [1.165, 1.54) is 4.90 Å². The van der Waals surface area contributed by atoms with Crippen LogP contribution in [0.1, 0.15) is 12.0 Å². The predicted octanol–water partition coefficient (Wildman–Crippen LogP) is 2.65. The zero-order valence-electron chi connectivity index (χ0n) is 16.4. The van der Waals surface area contributed by atoms with Gasteiger partial charge in [0.2, 0.25) is 5.91 Å². The second kappa shape index (κ2) is 7.97. The average molecular weight is 393 g/mol. The zero-order valence-corrected chi connectivity index (χ0v) is 16.4. The number of carbonyl (C=O) groups excluding carboxylic acids is 2. The van der Waals surface area contributed by atoms with Gasteiger partial charge in [-0.15, -0.1) is 0 Å². The first-order valence-electron chi connectivity index (χ1n) is 9.49. The van der Waals surface area contributed by atoms with Gasteiger partial charge in [0.15, 0.2) is 0 Å². The van der Waals surface area contributed by atoms with Crippen molar-refractivity contribution in [1.29, 1.82) is 0 Å². The van der Waals surface area contributed by atoms with Crippen LogP contribution in [0.3, 0.4) is 0 Å². The van der Waals surface area contributed by atoms with Crippen molar-refractivity contribution in [3.63, 3.8) is 0 Å². The molecule has 0 radical (unpaired) electrons. The summed E-state index contributed by atoms with van der Waals surface area (Å²) in [5.41, 5.74) is 2.71. The molecule has 2 aromatic carbocycles. The van der Waals surface area contributed by atoms with E-state index in [0.717, 1.165) is 28.6 Å². The fraction of sp³-hybridized carbons (Fsp3) is 0.273. The summed E-state index contributed by atoms with van der Waals surface area (Å²) in [6, 6.07) is 12.3. The summed E-state index contributed by atoms with van der Waals surface area (Å²) < 4.78 is 10.5. The van der Waals surface area contributed by atoms with Gasteiger partial charge >= 0.3 is 0 Å². The fourth-order valence-electron chi connectivity index (χ4n) is 3.68. The number of aromatic nitrogens is 1. The Bertz CT molecular complexity index is 1060. The molecule has 4 rings (SSSR count). The van der Waals surface area contributed by atoms with Crippen LogP contribution in [0.5, 0.6) is 11.5 Å². The smallest absolute Gasteiger partial charge is 0.251 e. The molecule has 1 aliphatic heterocycles. The van der Waals surface area contributed by atoms with Crippen LogP contribution in [0.25, 0.3) is 10.9 Å². The second-order valence-corrected chi connectivity index (χ2v) is 6.96. The van der Waals surface area contributed by atoms with Crippen molar-refractivity contribution in [3.05, 3.63) is 54.2 Å². The van der Waals surface area contributed by atoms with Gasteiger partial charge in [-0.3, -0.25) is 9.59 Å². The van der Waals surface area contributed by atoms with Crippen molar-refractivity contribution >= 4 is 28.4 Å². The molecule has 3 aromatic rings. The highest BCUT2D eigenvalue weighted by Gasteiger charge is 2.39. The van der Waals surface area contributed by atoms with E-state index in [2.05, 4.69) is 10.3 Å². The number of hydrogen-bond acceptors (Lipinski definition) is 5. The van der Waals surface area contributed by atoms with Gasteiger partial charge in [-0.05, 0) is 42.3 Å². The molecule has 1 atom stereocenters. The van der Waals surface area contributed by atoms with Gasteiger partial charge in [0.05, 0.1) is 32.4 Å². The SMILES string of the molecule is COc1cccc(N2C(=O)CC(NCCc3c[nH]c4ccc(OC)cc34)C2=O)c1. The highest BCUT2D eigenvalue weighted by molar-refractivity contribution is 6.22. The van der Waals surface area contributed by atoms with Crippen molar-refractivity contribution < 1.29 is 19.1 Å². The van der Waals surface area contributed by atoms with Gasteiger partial charge in [-0.25, -0.2) is 4.90 Å². The normalized spacial score (nSPS) is 16.6. The number of H-pyrrole nitrogens is 1. The number of nitrogens with zero attached hydrogens (tertiary/aromatic N) is 1. The second-order valence-electron chi connectivity index (χ2n) is 6.96. The summed E-state index contributed by atoms with van der Waals surface area (Å²) in [5.74, 6) is 0.965. The largest absolute Gasteiger partial charge is 0.497 e. The lowest BCUT2D eigenvalue weighted by molar-refractivity contribution is -0.121. The maximum absolute atomic E-state index is 12.8. The first-order chi connectivity index (χ1) is 14.1. The van der Waals surface area contributed by atoms with E-state index in [4.69, 9.17) is 9.47 Å². The van der Waals surface area contributed by atoms with E-state index in [1.807, 2.05) is 24.4 Å². The summed E-state index contributed by atoms with van der Waals surface area (Å²) in [4.78, 5) is 29.7. The summed E-state index contributed by atoms with van der Waals surface area (Å²) >= 11 is 0. The topological polar surface area (TPSA) is 83.7 Å². The molecule has 150 valence electrons. The first kappa shape index (κ1) is 19.0. The number of fused-ring (bicyclic) bond motifs is 1. The van der Waals surface area contributed by atoms with E-state index in [1.54, 1.807) is 38.5 Å². The standard InChI is InChI=1S/C22H23N3O4/c1-28-16-5-3-4-15(10-16)25-21(26)12-20(22(25)27)23-9-8-14-13-24-19-7-6-17(29-2)11-18(14)19/h3-7,10-11,13,20,23-24H,8-9,12H2,1-2H3. The summed E-state index contributed by atoms with van der Waals surface area (Å²) in [6.45, 7) is 0.583. The third-order valence-corrected chi connectivity index (χ3v) is 5.22. The average Bonchev–Trinajstić information content (AvgIpc) is 3.27. The molecule has 2 N–H and O–H groups in total. The minimum Gasteiger partial charge on any atom is -0.497 e. The molecule has 7 nitrogen and oxygen atoms in total. The Kier molecular flexibility index (Phi) is 5.22. The number of ether oxygens (including phenoxy) is 2. The Hall–Kier alpha value is -3.32. The van der Waals surface area contributed by atoms with Crippen molar-refractivity contribution in [3.8, 4) is 11.5 Å². The molecule has 1 saturated heterocycles. The lowest BCUT2D eigenvalue weighted by Crippen LogP contribution is -2.39. The molecular formula is C22H23N3O4. The number of carbonyl (C=O) groups is 2. The Morgan fingerprint density at radius 2 is 1.90 bits per heavy atom. The van der Waals surface area contributed by atoms with Gasteiger partial charge in [-0.2, -0.15) is 0 Å². The number of rotatable bonds is 7. The van der Waals surface area contributed by atoms with Crippen LogP contribution in [0, 0.1) is 0 Å². The van der Waals surface area contributed by atoms with Crippen LogP contribution in [-0.2, 0) is 16.0 Å². The molecule has 1 aliphatic rings.